The van der Waals surface area contributed by atoms with Crippen molar-refractivity contribution in [1.82, 2.24) is 0 Å². The van der Waals surface area contributed by atoms with E-state index in [2.05, 4.69) is 50.5 Å². The average Bonchev–Trinajstić information content (AvgIpc) is 3.26. The maximum absolute atomic E-state index is 5.42. The van der Waals surface area contributed by atoms with Gasteiger partial charge in [-0.3, -0.25) is 0 Å². The van der Waals surface area contributed by atoms with Gasteiger partial charge in [0.2, 0.25) is 0 Å². The third-order valence-corrected chi connectivity index (χ3v) is 11.5. The third-order valence-electron chi connectivity index (χ3n) is 4.73. The van der Waals surface area contributed by atoms with Crippen LogP contribution in [0.3, 0.4) is 0 Å². The molecule has 110 valence electrons. The van der Waals surface area contributed by atoms with Gasteiger partial charge in [-0.2, -0.15) is 0 Å². The van der Waals surface area contributed by atoms with Crippen molar-refractivity contribution in [2.24, 2.45) is 0 Å². The zero-order valence-corrected chi connectivity index (χ0v) is 15.1. The summed E-state index contributed by atoms with van der Waals surface area (Å²) in [5, 5.41) is 3.15. The summed E-state index contributed by atoms with van der Waals surface area (Å²) in [5.41, 5.74) is 0. The first-order valence-electron chi connectivity index (χ1n) is 7.71. The van der Waals surface area contributed by atoms with Gasteiger partial charge in [-0.05, 0) is 12.1 Å². The standard InChI is InChI=1S/C16H26O2Si2/c1-19(2,11-13-9-17-13)15-5-7-16(8-6-15)20(3,4)12-14-10-18-14/h5-8,13-14H,9-12H2,1-4H3. The molecule has 2 nitrogen and oxygen atoms in total. The van der Waals surface area contributed by atoms with E-state index in [9.17, 15) is 0 Å². The number of hydrogen-bond acceptors (Lipinski definition) is 2. The first kappa shape index (κ1) is 14.5. The van der Waals surface area contributed by atoms with Crippen molar-refractivity contribution in [1.29, 1.82) is 0 Å². The Morgan fingerprint density at radius 3 is 1.35 bits per heavy atom. The van der Waals surface area contributed by atoms with E-state index in [1.54, 1.807) is 10.4 Å². The summed E-state index contributed by atoms with van der Waals surface area (Å²) >= 11 is 0. The van der Waals surface area contributed by atoms with Crippen molar-refractivity contribution >= 4 is 26.5 Å². The quantitative estimate of drug-likeness (QED) is 0.595. The third kappa shape index (κ3) is 3.42. The van der Waals surface area contributed by atoms with Crippen molar-refractivity contribution in [2.45, 2.75) is 50.5 Å². The van der Waals surface area contributed by atoms with Crippen molar-refractivity contribution in [3.8, 4) is 0 Å². The van der Waals surface area contributed by atoms with Gasteiger partial charge in [0.05, 0.1) is 41.6 Å². The normalized spacial score (nSPS) is 25.6. The summed E-state index contributed by atoms with van der Waals surface area (Å²) in [7, 11) is -2.63. The highest BCUT2D eigenvalue weighted by Gasteiger charge is 2.36. The fraction of sp³-hybridized carbons (Fsp3) is 0.625. The van der Waals surface area contributed by atoms with Gasteiger partial charge in [0.15, 0.2) is 0 Å². The lowest BCUT2D eigenvalue weighted by Crippen LogP contribution is -2.46. The maximum Gasteiger partial charge on any atom is 0.0832 e. The van der Waals surface area contributed by atoms with E-state index >= 15 is 0 Å². The second kappa shape index (κ2) is 5.09. The molecule has 2 unspecified atom stereocenters. The second-order valence-electron chi connectivity index (χ2n) is 7.66. The van der Waals surface area contributed by atoms with Crippen molar-refractivity contribution in [2.75, 3.05) is 13.2 Å². The van der Waals surface area contributed by atoms with Crippen LogP contribution in [0.25, 0.3) is 0 Å². The van der Waals surface area contributed by atoms with Crippen molar-refractivity contribution < 1.29 is 9.47 Å². The van der Waals surface area contributed by atoms with Gasteiger partial charge in [-0.25, -0.2) is 0 Å². The Kier molecular flexibility index (Phi) is 3.69. The SMILES string of the molecule is C[Si](C)(CC1CO1)c1ccc([Si](C)(C)CC2CO2)cc1. The van der Waals surface area contributed by atoms with Gasteiger partial charge in [0.25, 0.3) is 0 Å². The molecule has 2 heterocycles. The molecular formula is C16H26O2Si2. The zero-order valence-electron chi connectivity index (χ0n) is 13.1. The van der Waals surface area contributed by atoms with E-state index in [4.69, 9.17) is 9.47 Å². The van der Waals surface area contributed by atoms with E-state index in [0.717, 1.165) is 13.2 Å². The highest BCUT2D eigenvalue weighted by atomic mass is 28.3. The summed E-state index contributed by atoms with van der Waals surface area (Å²) in [6, 6.07) is 12.1. The van der Waals surface area contributed by atoms with Gasteiger partial charge < -0.3 is 9.47 Å². The smallest absolute Gasteiger partial charge is 0.0832 e. The van der Waals surface area contributed by atoms with E-state index in [1.807, 2.05) is 0 Å². The predicted molar refractivity (Wildman–Crippen MR) is 89.8 cm³/mol. The van der Waals surface area contributed by atoms with Crippen LogP contribution in [0.4, 0.5) is 0 Å². The van der Waals surface area contributed by atoms with Crippen LogP contribution in [0, 0.1) is 0 Å². The van der Waals surface area contributed by atoms with Gasteiger partial charge in [0.1, 0.15) is 0 Å². The topological polar surface area (TPSA) is 25.1 Å². The summed E-state index contributed by atoms with van der Waals surface area (Å²) < 4.78 is 10.8. The van der Waals surface area contributed by atoms with Crippen LogP contribution in [-0.4, -0.2) is 41.6 Å². The number of hydrogen-bond donors (Lipinski definition) is 0. The monoisotopic (exact) mass is 306 g/mol. The van der Waals surface area contributed by atoms with Gasteiger partial charge >= 0.3 is 0 Å². The molecule has 0 radical (unpaired) electrons. The highest BCUT2D eigenvalue weighted by Crippen LogP contribution is 2.24. The van der Waals surface area contributed by atoms with Crippen molar-refractivity contribution in [3.63, 3.8) is 0 Å². The van der Waals surface area contributed by atoms with Crippen LogP contribution in [0.5, 0.6) is 0 Å². The fourth-order valence-corrected chi connectivity index (χ4v) is 8.48. The number of rotatable bonds is 6. The molecule has 0 aromatic heterocycles. The molecular weight excluding hydrogens is 280 g/mol. The van der Waals surface area contributed by atoms with Crippen LogP contribution in [-0.2, 0) is 9.47 Å². The van der Waals surface area contributed by atoms with Gasteiger partial charge in [-0.1, -0.05) is 60.8 Å². The second-order valence-corrected chi connectivity index (χ2v) is 17.2. The van der Waals surface area contributed by atoms with Gasteiger partial charge in [-0.15, -0.1) is 0 Å². The number of benzene rings is 1. The van der Waals surface area contributed by atoms with E-state index in [-0.39, 0.29) is 0 Å². The molecule has 20 heavy (non-hydrogen) atoms. The molecule has 0 amide bonds. The molecule has 2 atom stereocenters. The summed E-state index contributed by atoms with van der Waals surface area (Å²) in [6.45, 7) is 11.8. The minimum absolute atomic E-state index is 0.550. The Morgan fingerprint density at radius 1 is 0.800 bits per heavy atom. The minimum Gasteiger partial charge on any atom is -0.373 e. The molecule has 1 aromatic rings. The molecule has 0 N–H and O–H groups in total. The Labute approximate surface area is 124 Å². The van der Waals surface area contributed by atoms with Crippen LogP contribution < -0.4 is 10.4 Å². The molecule has 1 aromatic carbocycles. The molecule has 2 fully saturated rings. The Morgan fingerprint density at radius 2 is 1.10 bits per heavy atom. The van der Waals surface area contributed by atoms with E-state index in [0.29, 0.717) is 12.2 Å². The molecule has 0 aliphatic carbocycles. The first-order chi connectivity index (χ1) is 9.37. The fourth-order valence-electron chi connectivity index (χ4n) is 3.12. The average molecular weight is 307 g/mol. The van der Waals surface area contributed by atoms with Crippen molar-refractivity contribution in [3.05, 3.63) is 24.3 Å². The van der Waals surface area contributed by atoms with Crippen LogP contribution in [0.1, 0.15) is 0 Å². The molecule has 2 saturated heterocycles. The summed E-state index contributed by atoms with van der Waals surface area (Å²) in [5.74, 6) is 0. The molecule has 3 rings (SSSR count). The molecule has 0 saturated carbocycles. The summed E-state index contributed by atoms with van der Waals surface area (Å²) in [6.07, 6.45) is 1.10. The van der Waals surface area contributed by atoms with E-state index in [1.165, 1.54) is 12.1 Å². The maximum atomic E-state index is 5.42. The molecule has 2 aliphatic rings. The number of ether oxygens (including phenoxy) is 2. The lowest BCUT2D eigenvalue weighted by Gasteiger charge is -2.25. The highest BCUT2D eigenvalue weighted by molar-refractivity contribution is 6.91. The largest absolute Gasteiger partial charge is 0.373 e. The van der Waals surface area contributed by atoms with Crippen LogP contribution in [0.15, 0.2) is 24.3 Å². The Hall–Kier alpha value is -0.426. The Balaban J connectivity index is 1.72. The van der Waals surface area contributed by atoms with Gasteiger partial charge in [0, 0.05) is 0 Å². The van der Waals surface area contributed by atoms with Crippen LogP contribution >= 0.6 is 0 Å². The lowest BCUT2D eigenvalue weighted by atomic mass is 10.4. The molecule has 0 spiro atoms. The first-order valence-corrected chi connectivity index (χ1v) is 14.1. The Bertz CT molecular complexity index is 429. The molecule has 2 aliphatic heterocycles. The summed E-state index contributed by atoms with van der Waals surface area (Å²) in [4.78, 5) is 0. The zero-order chi connectivity index (χ0) is 14.4. The van der Waals surface area contributed by atoms with Crippen LogP contribution in [0.2, 0.25) is 38.3 Å². The molecule has 0 bridgehead atoms. The predicted octanol–water partition coefficient (Wildman–Crippen LogP) is 2.31. The minimum atomic E-state index is -1.32. The van der Waals surface area contributed by atoms with E-state index < -0.39 is 16.1 Å². The molecule has 4 heteroatoms. The lowest BCUT2D eigenvalue weighted by molar-refractivity contribution is 0.421. The number of epoxide rings is 2.